The van der Waals surface area contributed by atoms with E-state index in [1.54, 1.807) is 13.8 Å². The summed E-state index contributed by atoms with van der Waals surface area (Å²) in [7, 11) is -3.81. The van der Waals surface area contributed by atoms with Crippen molar-refractivity contribution in [3.63, 3.8) is 0 Å². The Morgan fingerprint density at radius 1 is 1.35 bits per heavy atom. The van der Waals surface area contributed by atoms with Crippen LogP contribution in [0.15, 0.2) is 0 Å². The summed E-state index contributed by atoms with van der Waals surface area (Å²) >= 11 is 0. The molecule has 0 aromatic heterocycles. The average Bonchev–Trinajstić information content (AvgIpc) is 2.15. The lowest BCUT2D eigenvalue weighted by atomic mass is 10.5. The topological polar surface area (TPSA) is 66.8 Å². The van der Waals surface area contributed by atoms with Crippen molar-refractivity contribution in [1.82, 2.24) is 4.31 Å². The molecule has 8 heteroatoms. The molecule has 17 heavy (non-hydrogen) atoms. The molecule has 0 fully saturated rings. The fraction of sp³-hybridized carbons (Fsp3) is 1.00. The zero-order valence-electron chi connectivity index (χ0n) is 9.97. The quantitative estimate of drug-likeness (QED) is 0.657. The van der Waals surface area contributed by atoms with E-state index in [0.717, 1.165) is 0 Å². The molecule has 0 spiro atoms. The Morgan fingerprint density at radius 2 is 1.94 bits per heavy atom. The van der Waals surface area contributed by atoms with Gasteiger partial charge in [-0.2, -0.15) is 4.31 Å². The lowest BCUT2D eigenvalue weighted by Gasteiger charge is -2.21. The van der Waals surface area contributed by atoms with Crippen molar-refractivity contribution >= 4 is 10.0 Å². The molecule has 0 aliphatic carbocycles. The minimum absolute atomic E-state index is 0.0504. The van der Waals surface area contributed by atoms with E-state index in [2.05, 4.69) is 0 Å². The molecule has 0 aliphatic heterocycles. The summed E-state index contributed by atoms with van der Waals surface area (Å²) in [5.74, 6) is -0.363. The van der Waals surface area contributed by atoms with E-state index in [0.29, 0.717) is 4.31 Å². The van der Waals surface area contributed by atoms with Crippen molar-refractivity contribution in [3.8, 4) is 0 Å². The lowest BCUT2D eigenvalue weighted by molar-refractivity contribution is 0.0886. The Hall–Kier alpha value is -0.310. The molecule has 0 aromatic rings. The number of ether oxygens (including phenoxy) is 1. The van der Waals surface area contributed by atoms with Gasteiger partial charge in [0.2, 0.25) is 10.0 Å². The van der Waals surface area contributed by atoms with Crippen LogP contribution in [0.4, 0.5) is 8.78 Å². The van der Waals surface area contributed by atoms with Crippen LogP contribution >= 0.6 is 0 Å². The molecule has 1 N–H and O–H groups in total. The largest absolute Gasteiger partial charge is 0.395 e. The summed E-state index contributed by atoms with van der Waals surface area (Å²) < 4.78 is 53.3. The van der Waals surface area contributed by atoms with Crippen molar-refractivity contribution < 1.29 is 27.0 Å². The third-order valence-corrected chi connectivity index (χ3v) is 3.68. The number of sulfonamides is 1. The second-order valence-electron chi connectivity index (χ2n) is 3.71. The number of nitrogens with zero attached hydrogens (tertiary/aromatic N) is 1. The number of alkyl halides is 2. The maximum atomic E-state index is 12.2. The smallest absolute Gasteiger partial charge is 0.252 e. The van der Waals surface area contributed by atoms with Crippen molar-refractivity contribution in [1.29, 1.82) is 0 Å². The lowest BCUT2D eigenvalue weighted by Crippen LogP contribution is -2.39. The summed E-state index contributed by atoms with van der Waals surface area (Å²) in [6.07, 6.45) is -2.88. The van der Waals surface area contributed by atoms with Gasteiger partial charge in [0.25, 0.3) is 6.43 Å². The van der Waals surface area contributed by atoms with Crippen LogP contribution in [0.25, 0.3) is 0 Å². The molecule has 0 saturated heterocycles. The minimum atomic E-state index is -3.81. The Morgan fingerprint density at radius 3 is 2.35 bits per heavy atom. The molecule has 5 nitrogen and oxygen atoms in total. The highest BCUT2D eigenvalue weighted by molar-refractivity contribution is 7.89. The summed E-state index contributed by atoms with van der Waals surface area (Å²) in [4.78, 5) is 0. The molecule has 0 heterocycles. The van der Waals surface area contributed by atoms with Gasteiger partial charge in [-0.1, -0.05) is 0 Å². The zero-order valence-corrected chi connectivity index (χ0v) is 10.8. The van der Waals surface area contributed by atoms with Gasteiger partial charge in [-0.05, 0) is 13.8 Å². The number of aliphatic hydroxyl groups excluding tert-OH is 1. The minimum Gasteiger partial charge on any atom is -0.395 e. The SMILES string of the molecule is CC(C)OCCS(=O)(=O)N(CCO)CC(F)F. The maximum Gasteiger partial charge on any atom is 0.252 e. The molecular formula is C9H19F2NO4S. The van der Waals surface area contributed by atoms with Gasteiger partial charge in [-0.25, -0.2) is 17.2 Å². The fourth-order valence-electron chi connectivity index (χ4n) is 1.13. The van der Waals surface area contributed by atoms with Crippen LogP contribution < -0.4 is 0 Å². The molecule has 0 aliphatic rings. The molecule has 0 aromatic carbocycles. The van der Waals surface area contributed by atoms with Crippen molar-refractivity contribution in [2.45, 2.75) is 26.4 Å². The van der Waals surface area contributed by atoms with Crippen LogP contribution in [0.2, 0.25) is 0 Å². The summed E-state index contributed by atoms with van der Waals surface area (Å²) in [5, 5.41) is 8.64. The van der Waals surface area contributed by atoms with Gasteiger partial charge in [0, 0.05) is 6.54 Å². The predicted molar refractivity (Wildman–Crippen MR) is 59.5 cm³/mol. The van der Waals surface area contributed by atoms with Gasteiger partial charge in [-0.3, -0.25) is 0 Å². The number of rotatable bonds is 9. The van der Waals surface area contributed by atoms with Crippen molar-refractivity contribution in [2.75, 3.05) is 32.1 Å². The monoisotopic (exact) mass is 275 g/mol. The van der Waals surface area contributed by atoms with Gasteiger partial charge in [0.1, 0.15) is 0 Å². The van der Waals surface area contributed by atoms with Crippen LogP contribution in [0.5, 0.6) is 0 Å². The summed E-state index contributed by atoms with van der Waals surface area (Å²) in [5.41, 5.74) is 0. The molecule has 0 unspecified atom stereocenters. The first-order chi connectivity index (χ1) is 7.79. The average molecular weight is 275 g/mol. The Balaban J connectivity index is 4.38. The molecular weight excluding hydrogens is 256 g/mol. The van der Waals surface area contributed by atoms with Crippen LogP contribution in [0.1, 0.15) is 13.8 Å². The molecule has 0 bridgehead atoms. The number of aliphatic hydroxyl groups is 1. The van der Waals surface area contributed by atoms with E-state index < -0.39 is 29.6 Å². The number of halogens is 2. The molecule has 0 amide bonds. The van der Waals surface area contributed by atoms with Crippen LogP contribution in [0.3, 0.4) is 0 Å². The summed E-state index contributed by atoms with van der Waals surface area (Å²) in [6.45, 7) is 1.73. The highest BCUT2D eigenvalue weighted by Crippen LogP contribution is 2.06. The normalized spacial score (nSPS) is 12.9. The van der Waals surface area contributed by atoms with E-state index in [4.69, 9.17) is 9.84 Å². The first-order valence-electron chi connectivity index (χ1n) is 5.28. The Labute approximate surface area is 100 Å². The standard InChI is InChI=1S/C9H19F2NO4S/c1-8(2)16-5-6-17(14,15)12(3-4-13)7-9(10)11/h8-9,13H,3-7H2,1-2H3. The van der Waals surface area contributed by atoms with Gasteiger partial charge in [0.05, 0.1) is 31.6 Å². The van der Waals surface area contributed by atoms with Gasteiger partial charge >= 0.3 is 0 Å². The van der Waals surface area contributed by atoms with E-state index in [1.807, 2.05) is 0 Å². The second kappa shape index (κ2) is 7.91. The predicted octanol–water partition coefficient (Wildman–Crippen LogP) is 0.301. The van der Waals surface area contributed by atoms with Gasteiger partial charge in [-0.15, -0.1) is 0 Å². The Bertz CT molecular complexity index is 295. The van der Waals surface area contributed by atoms with E-state index in [1.165, 1.54) is 0 Å². The third-order valence-electron chi connectivity index (χ3n) is 1.88. The molecule has 0 radical (unpaired) electrons. The van der Waals surface area contributed by atoms with Crippen LogP contribution in [-0.4, -0.2) is 62.4 Å². The highest BCUT2D eigenvalue weighted by Gasteiger charge is 2.24. The second-order valence-corrected chi connectivity index (χ2v) is 5.80. The van der Waals surface area contributed by atoms with Crippen molar-refractivity contribution in [2.24, 2.45) is 0 Å². The summed E-state index contributed by atoms with van der Waals surface area (Å²) in [6, 6.07) is 0. The van der Waals surface area contributed by atoms with Gasteiger partial charge < -0.3 is 9.84 Å². The van der Waals surface area contributed by atoms with E-state index >= 15 is 0 Å². The molecule has 0 rings (SSSR count). The molecule has 104 valence electrons. The first-order valence-corrected chi connectivity index (χ1v) is 6.89. The third kappa shape index (κ3) is 7.58. The zero-order chi connectivity index (χ0) is 13.5. The molecule has 0 saturated carbocycles. The highest BCUT2D eigenvalue weighted by atomic mass is 32.2. The Kier molecular flexibility index (Phi) is 7.77. The van der Waals surface area contributed by atoms with Crippen LogP contribution in [-0.2, 0) is 14.8 Å². The molecule has 0 atom stereocenters. The van der Waals surface area contributed by atoms with Gasteiger partial charge in [0.15, 0.2) is 0 Å². The van der Waals surface area contributed by atoms with E-state index in [9.17, 15) is 17.2 Å². The van der Waals surface area contributed by atoms with Crippen LogP contribution in [0, 0.1) is 0 Å². The van der Waals surface area contributed by atoms with E-state index in [-0.39, 0.29) is 25.0 Å². The van der Waals surface area contributed by atoms with Crippen molar-refractivity contribution in [3.05, 3.63) is 0 Å². The number of hydrogen-bond acceptors (Lipinski definition) is 4. The fourth-order valence-corrected chi connectivity index (χ4v) is 2.39. The number of hydrogen-bond donors (Lipinski definition) is 1. The first kappa shape index (κ1) is 16.7. The maximum absolute atomic E-state index is 12.2.